The van der Waals surface area contributed by atoms with E-state index in [-0.39, 0.29) is 58.0 Å². The van der Waals surface area contributed by atoms with Crippen molar-refractivity contribution >= 4 is 67.5 Å². The van der Waals surface area contributed by atoms with Crippen LogP contribution in [0, 0.1) is 0 Å². The van der Waals surface area contributed by atoms with Gasteiger partial charge in [-0.15, -0.1) is 0 Å². The maximum atomic E-state index is 10.3. The van der Waals surface area contributed by atoms with Crippen LogP contribution in [0.3, 0.4) is 0 Å². The summed E-state index contributed by atoms with van der Waals surface area (Å²) in [4.78, 5) is 10.3. The summed E-state index contributed by atoms with van der Waals surface area (Å²) >= 11 is 0. The summed E-state index contributed by atoms with van der Waals surface area (Å²) in [5.74, 6) is -1.91. The molecule has 0 aromatic rings. The fraction of sp³-hybridized carbons (Fsp3) is 0.750. The standard InChI is InChI=1S/C4H8O5S.K.H/c1-2-9-4(5)3-10(6,7)8;;/h2-3H2,1H3,(H,6,7,8);;. The summed E-state index contributed by atoms with van der Waals surface area (Å²) in [5.41, 5.74) is 0. The van der Waals surface area contributed by atoms with Crippen LogP contribution in [0.15, 0.2) is 0 Å². The Morgan fingerprint density at radius 1 is 1.55 bits per heavy atom. The number of esters is 1. The number of carbonyl (C=O) groups is 1. The number of ether oxygens (including phenoxy) is 1. The predicted molar refractivity (Wildman–Crippen MR) is 40.2 cm³/mol. The summed E-state index contributed by atoms with van der Waals surface area (Å²) < 4.78 is 32.3. The quantitative estimate of drug-likeness (QED) is 0.357. The van der Waals surface area contributed by atoms with E-state index in [1.807, 2.05) is 0 Å². The summed E-state index contributed by atoms with van der Waals surface area (Å²) in [7, 11) is -4.22. The third-order valence-corrected chi connectivity index (χ3v) is 1.21. The van der Waals surface area contributed by atoms with Crippen LogP contribution in [-0.4, -0.2) is 82.7 Å². The second kappa shape index (κ2) is 6.52. The molecule has 0 aromatic carbocycles. The Bertz CT molecular complexity index is 209. The van der Waals surface area contributed by atoms with Gasteiger partial charge < -0.3 is 4.74 Å². The van der Waals surface area contributed by atoms with Crippen LogP contribution in [0.4, 0.5) is 0 Å². The van der Waals surface area contributed by atoms with Crippen LogP contribution < -0.4 is 0 Å². The van der Waals surface area contributed by atoms with Crippen molar-refractivity contribution in [3.8, 4) is 0 Å². The minimum atomic E-state index is -4.22. The molecule has 0 aliphatic carbocycles. The number of rotatable bonds is 3. The monoisotopic (exact) mass is 208 g/mol. The van der Waals surface area contributed by atoms with E-state index in [1.165, 1.54) is 0 Å². The van der Waals surface area contributed by atoms with E-state index in [9.17, 15) is 13.2 Å². The topological polar surface area (TPSA) is 80.7 Å². The van der Waals surface area contributed by atoms with Gasteiger partial charge in [0.15, 0.2) is 5.75 Å². The normalized spacial score (nSPS) is 10.0. The van der Waals surface area contributed by atoms with E-state index < -0.39 is 21.8 Å². The Morgan fingerprint density at radius 3 is 2.27 bits per heavy atom. The van der Waals surface area contributed by atoms with E-state index in [4.69, 9.17) is 4.55 Å². The van der Waals surface area contributed by atoms with Crippen molar-refractivity contribution in [3.05, 3.63) is 0 Å². The molecule has 7 heteroatoms. The Balaban J connectivity index is 0. The van der Waals surface area contributed by atoms with Gasteiger partial charge in [0.1, 0.15) is 0 Å². The van der Waals surface area contributed by atoms with E-state index in [0.29, 0.717) is 0 Å². The Kier molecular flexibility index (Phi) is 8.62. The van der Waals surface area contributed by atoms with Crippen molar-refractivity contribution in [2.75, 3.05) is 12.4 Å². The van der Waals surface area contributed by atoms with Crippen LogP contribution in [0.2, 0.25) is 0 Å². The Hall–Kier alpha value is 1.02. The van der Waals surface area contributed by atoms with Crippen LogP contribution in [-0.2, 0) is 19.6 Å². The summed E-state index contributed by atoms with van der Waals surface area (Å²) in [6.07, 6.45) is 0. The molecule has 0 rings (SSSR count). The molecule has 5 nitrogen and oxygen atoms in total. The molecule has 62 valence electrons. The Morgan fingerprint density at radius 2 is 2.00 bits per heavy atom. The first-order valence-corrected chi connectivity index (χ1v) is 4.17. The van der Waals surface area contributed by atoms with Crippen LogP contribution >= 0.6 is 0 Å². The molecule has 0 aromatic heterocycles. The number of hydrogen-bond donors (Lipinski definition) is 1. The van der Waals surface area contributed by atoms with Gasteiger partial charge in [0.05, 0.1) is 6.61 Å². The predicted octanol–water partition coefficient (Wildman–Crippen LogP) is -1.21. The molecule has 0 radical (unpaired) electrons. The van der Waals surface area contributed by atoms with Gasteiger partial charge in [0.25, 0.3) is 10.1 Å². The van der Waals surface area contributed by atoms with E-state index in [1.54, 1.807) is 6.92 Å². The molecule has 11 heavy (non-hydrogen) atoms. The van der Waals surface area contributed by atoms with Gasteiger partial charge in [-0.2, -0.15) is 8.42 Å². The molecular formula is C4H9KO5S. The van der Waals surface area contributed by atoms with Gasteiger partial charge in [-0.1, -0.05) is 0 Å². The minimum absolute atomic E-state index is 0. The molecule has 0 bridgehead atoms. The van der Waals surface area contributed by atoms with Gasteiger partial charge in [-0.3, -0.25) is 9.35 Å². The second-order valence-electron chi connectivity index (χ2n) is 1.53. The first kappa shape index (κ1) is 14.5. The van der Waals surface area contributed by atoms with Crippen molar-refractivity contribution < 1.29 is 22.5 Å². The maximum absolute atomic E-state index is 10.3. The fourth-order valence-electron chi connectivity index (χ4n) is 0.352. The van der Waals surface area contributed by atoms with Crippen LogP contribution in [0.5, 0.6) is 0 Å². The molecule has 0 spiro atoms. The van der Waals surface area contributed by atoms with Crippen molar-refractivity contribution in [1.82, 2.24) is 0 Å². The van der Waals surface area contributed by atoms with E-state index in [2.05, 4.69) is 4.74 Å². The molecule has 0 unspecified atom stereocenters. The van der Waals surface area contributed by atoms with E-state index in [0.717, 1.165) is 0 Å². The van der Waals surface area contributed by atoms with Crippen molar-refractivity contribution in [2.45, 2.75) is 6.92 Å². The van der Waals surface area contributed by atoms with Crippen LogP contribution in [0.25, 0.3) is 0 Å². The molecule has 0 saturated carbocycles. The average molecular weight is 208 g/mol. The molecule has 0 heterocycles. The molecular weight excluding hydrogens is 199 g/mol. The molecule has 0 amide bonds. The molecule has 1 N–H and O–H groups in total. The van der Waals surface area contributed by atoms with Gasteiger partial charge in [0.2, 0.25) is 0 Å². The molecule has 0 aliphatic rings. The third kappa shape index (κ3) is 11.0. The van der Waals surface area contributed by atoms with E-state index >= 15 is 0 Å². The zero-order chi connectivity index (χ0) is 8.20. The fourth-order valence-corrected chi connectivity index (χ4v) is 0.733. The van der Waals surface area contributed by atoms with Gasteiger partial charge in [0, 0.05) is 0 Å². The summed E-state index contributed by atoms with van der Waals surface area (Å²) in [6, 6.07) is 0. The van der Waals surface area contributed by atoms with Crippen molar-refractivity contribution in [1.29, 1.82) is 0 Å². The van der Waals surface area contributed by atoms with Gasteiger partial charge in [-0.05, 0) is 6.92 Å². The molecule has 0 aliphatic heterocycles. The first-order chi connectivity index (χ1) is 4.45. The van der Waals surface area contributed by atoms with Crippen LogP contribution in [0.1, 0.15) is 6.92 Å². The number of hydrogen-bond acceptors (Lipinski definition) is 4. The number of carbonyl (C=O) groups excluding carboxylic acids is 1. The zero-order valence-electron chi connectivity index (χ0n) is 5.40. The Labute approximate surface area is 108 Å². The molecule has 0 saturated heterocycles. The second-order valence-corrected chi connectivity index (χ2v) is 2.98. The zero-order valence-corrected chi connectivity index (χ0v) is 6.22. The van der Waals surface area contributed by atoms with Crippen molar-refractivity contribution in [2.24, 2.45) is 0 Å². The first-order valence-electron chi connectivity index (χ1n) is 2.56. The molecule has 0 atom stereocenters. The van der Waals surface area contributed by atoms with Crippen molar-refractivity contribution in [3.63, 3.8) is 0 Å². The third-order valence-electron chi connectivity index (χ3n) is 0.606. The van der Waals surface area contributed by atoms with Gasteiger partial charge >= 0.3 is 57.4 Å². The SMILES string of the molecule is CCOC(=O)CS(=O)(=O)O.[KH]. The summed E-state index contributed by atoms with van der Waals surface area (Å²) in [6.45, 7) is 1.65. The average Bonchev–Trinajstić information content (AvgIpc) is 1.59. The summed E-state index contributed by atoms with van der Waals surface area (Å²) in [5, 5.41) is 0. The molecule has 0 fully saturated rings. The van der Waals surface area contributed by atoms with Gasteiger partial charge in [-0.25, -0.2) is 0 Å².